The Morgan fingerprint density at radius 3 is 2.47 bits per heavy atom. The second kappa shape index (κ2) is 4.65. The second-order valence-corrected chi connectivity index (χ2v) is 3.67. The summed E-state index contributed by atoms with van der Waals surface area (Å²) in [4.78, 5) is 11.9. The molecule has 1 heterocycles. The highest BCUT2D eigenvalue weighted by molar-refractivity contribution is 5.97. The van der Waals surface area contributed by atoms with Gasteiger partial charge in [0.2, 0.25) is 12.3 Å². The molecule has 4 heteroatoms. The minimum absolute atomic E-state index is 0.0635. The fraction of sp³-hybridized carbons (Fsp3) is 0.0769. The van der Waals surface area contributed by atoms with E-state index in [1.807, 2.05) is 18.2 Å². The first kappa shape index (κ1) is 11.1. The van der Waals surface area contributed by atoms with Crippen LogP contribution in [-0.4, -0.2) is 16.0 Å². The maximum atomic E-state index is 11.9. The van der Waals surface area contributed by atoms with Crippen LogP contribution in [0.2, 0.25) is 0 Å². The number of phenolic OH excluding ortho intramolecular Hbond substituents is 2. The highest BCUT2D eigenvalue weighted by Gasteiger charge is 2.15. The highest BCUT2D eigenvalue weighted by Crippen LogP contribution is 2.22. The lowest BCUT2D eigenvalue weighted by Gasteiger charge is -2.02. The molecule has 0 saturated carbocycles. The van der Waals surface area contributed by atoms with Crippen molar-refractivity contribution >= 4 is 5.78 Å². The first-order valence-corrected chi connectivity index (χ1v) is 5.16. The molecule has 0 saturated heterocycles. The molecule has 0 unspecified atom stereocenters. The molecule has 0 aliphatic carbocycles. The molecule has 4 nitrogen and oxygen atoms in total. The minimum Gasteiger partial charge on any atom is -0.508 e. The van der Waals surface area contributed by atoms with Gasteiger partial charge >= 0.3 is 0 Å². The topological polar surface area (TPSA) is 61.4 Å². The van der Waals surface area contributed by atoms with Gasteiger partial charge in [0.25, 0.3) is 0 Å². The predicted molar refractivity (Wildman–Crippen MR) is 60.7 cm³/mol. The van der Waals surface area contributed by atoms with Gasteiger partial charge in [0.15, 0.2) is 12.4 Å². The Labute approximate surface area is 98.4 Å². The molecular formula is C13H12NO3+. The molecule has 0 aliphatic heterocycles. The lowest BCUT2D eigenvalue weighted by atomic mass is 10.1. The smallest absolute Gasteiger partial charge is 0.231 e. The number of benzene rings is 1. The lowest BCUT2D eigenvalue weighted by Crippen LogP contribution is -2.36. The van der Waals surface area contributed by atoms with Crippen LogP contribution >= 0.6 is 0 Å². The van der Waals surface area contributed by atoms with Crippen LogP contribution in [-0.2, 0) is 6.54 Å². The zero-order valence-electron chi connectivity index (χ0n) is 9.08. The fourth-order valence-electron chi connectivity index (χ4n) is 1.55. The number of ketones is 1. The van der Waals surface area contributed by atoms with Gasteiger partial charge in [-0.25, -0.2) is 0 Å². The SMILES string of the molecule is O=C(C[n+]1ccccc1)c1ccc(O)cc1O. The van der Waals surface area contributed by atoms with Gasteiger partial charge in [0.1, 0.15) is 11.5 Å². The molecular weight excluding hydrogens is 218 g/mol. The molecule has 2 rings (SSSR count). The molecule has 0 radical (unpaired) electrons. The van der Waals surface area contributed by atoms with E-state index in [1.165, 1.54) is 12.1 Å². The van der Waals surface area contributed by atoms with Crippen molar-refractivity contribution in [1.82, 2.24) is 0 Å². The Morgan fingerprint density at radius 2 is 1.82 bits per heavy atom. The average Bonchev–Trinajstić information content (AvgIpc) is 2.30. The van der Waals surface area contributed by atoms with E-state index in [0.29, 0.717) is 0 Å². The van der Waals surface area contributed by atoms with Crippen molar-refractivity contribution in [2.45, 2.75) is 6.54 Å². The van der Waals surface area contributed by atoms with Gasteiger partial charge in [-0.05, 0) is 12.1 Å². The average molecular weight is 230 g/mol. The second-order valence-electron chi connectivity index (χ2n) is 3.67. The quantitative estimate of drug-likeness (QED) is 0.616. The number of nitrogens with zero attached hydrogens (tertiary/aromatic N) is 1. The van der Waals surface area contributed by atoms with Crippen molar-refractivity contribution in [2.24, 2.45) is 0 Å². The van der Waals surface area contributed by atoms with Crippen molar-refractivity contribution in [1.29, 1.82) is 0 Å². The Balaban J connectivity index is 2.21. The highest BCUT2D eigenvalue weighted by atomic mass is 16.3. The number of aromatic hydroxyl groups is 2. The summed E-state index contributed by atoms with van der Waals surface area (Å²) in [6.07, 6.45) is 3.55. The summed E-state index contributed by atoms with van der Waals surface area (Å²) < 4.78 is 1.72. The minimum atomic E-state index is -0.210. The molecule has 0 bridgehead atoms. The maximum Gasteiger partial charge on any atom is 0.231 e. The summed E-state index contributed by atoms with van der Waals surface area (Å²) in [5.74, 6) is -0.475. The number of carbonyl (C=O) groups is 1. The van der Waals surface area contributed by atoms with Crippen molar-refractivity contribution in [3.8, 4) is 11.5 Å². The van der Waals surface area contributed by atoms with Crippen molar-refractivity contribution in [2.75, 3.05) is 0 Å². The van der Waals surface area contributed by atoms with E-state index in [9.17, 15) is 9.90 Å². The molecule has 0 amide bonds. The van der Waals surface area contributed by atoms with Crippen molar-refractivity contribution < 1.29 is 19.6 Å². The van der Waals surface area contributed by atoms with Gasteiger partial charge in [-0.1, -0.05) is 6.07 Å². The Bertz CT molecular complexity index is 538. The monoisotopic (exact) mass is 230 g/mol. The number of Topliss-reactive ketones (excluding diaryl/α,β-unsaturated/α-hetero) is 1. The van der Waals surface area contributed by atoms with Crippen LogP contribution in [0.15, 0.2) is 48.8 Å². The molecule has 1 aromatic carbocycles. The maximum absolute atomic E-state index is 11.9. The van der Waals surface area contributed by atoms with Crippen LogP contribution in [0, 0.1) is 0 Å². The van der Waals surface area contributed by atoms with Gasteiger partial charge in [-0.2, -0.15) is 4.57 Å². The Kier molecular flexibility index (Phi) is 3.05. The summed E-state index contributed by atoms with van der Waals surface area (Å²) in [5, 5.41) is 18.7. The molecule has 0 aliphatic rings. The molecule has 86 valence electrons. The van der Waals surface area contributed by atoms with Gasteiger partial charge in [0.05, 0.1) is 5.56 Å². The third kappa shape index (κ3) is 2.60. The third-order valence-electron chi connectivity index (χ3n) is 2.39. The summed E-state index contributed by atoms with van der Waals surface area (Å²) in [6.45, 7) is 0.152. The number of hydrogen-bond donors (Lipinski definition) is 2. The van der Waals surface area contributed by atoms with E-state index < -0.39 is 0 Å². The predicted octanol–water partition coefficient (Wildman–Crippen LogP) is 1.27. The third-order valence-corrected chi connectivity index (χ3v) is 2.39. The number of hydrogen-bond acceptors (Lipinski definition) is 3. The number of aromatic nitrogens is 1. The van der Waals surface area contributed by atoms with E-state index in [-0.39, 0.29) is 29.4 Å². The van der Waals surface area contributed by atoms with E-state index in [2.05, 4.69) is 0 Å². The summed E-state index contributed by atoms with van der Waals surface area (Å²) in [6, 6.07) is 9.45. The zero-order valence-corrected chi connectivity index (χ0v) is 9.08. The van der Waals surface area contributed by atoms with Gasteiger partial charge in [0, 0.05) is 18.2 Å². The first-order valence-electron chi connectivity index (χ1n) is 5.16. The largest absolute Gasteiger partial charge is 0.508 e. The number of rotatable bonds is 3. The van der Waals surface area contributed by atoms with Crippen LogP contribution < -0.4 is 4.57 Å². The molecule has 0 fully saturated rings. The molecule has 1 aromatic heterocycles. The van der Waals surface area contributed by atoms with E-state index >= 15 is 0 Å². The van der Waals surface area contributed by atoms with Crippen LogP contribution in [0.25, 0.3) is 0 Å². The standard InChI is InChI=1S/C13H11NO3/c15-10-4-5-11(12(16)8-10)13(17)9-14-6-2-1-3-7-14/h1-8H,9H2,(H-,15,16,17)/p+1. The van der Waals surface area contributed by atoms with Crippen LogP contribution in [0.1, 0.15) is 10.4 Å². The number of phenols is 2. The normalized spacial score (nSPS) is 10.1. The molecule has 2 N–H and O–H groups in total. The van der Waals surface area contributed by atoms with Gasteiger partial charge in [-0.15, -0.1) is 0 Å². The van der Waals surface area contributed by atoms with Crippen molar-refractivity contribution in [3.63, 3.8) is 0 Å². The first-order chi connectivity index (χ1) is 8.16. The van der Waals surface area contributed by atoms with E-state index in [1.54, 1.807) is 17.0 Å². The zero-order chi connectivity index (χ0) is 12.3. The van der Waals surface area contributed by atoms with E-state index in [4.69, 9.17) is 5.11 Å². The summed E-state index contributed by atoms with van der Waals surface area (Å²) in [7, 11) is 0. The Morgan fingerprint density at radius 1 is 1.12 bits per heavy atom. The van der Waals surface area contributed by atoms with Crippen LogP contribution in [0.5, 0.6) is 11.5 Å². The van der Waals surface area contributed by atoms with Crippen LogP contribution in [0.3, 0.4) is 0 Å². The summed E-state index contributed by atoms with van der Waals surface area (Å²) >= 11 is 0. The van der Waals surface area contributed by atoms with Gasteiger partial charge in [-0.3, -0.25) is 4.79 Å². The number of pyridine rings is 1. The number of carbonyl (C=O) groups excluding carboxylic acids is 1. The lowest BCUT2D eigenvalue weighted by molar-refractivity contribution is -0.683. The molecule has 0 atom stereocenters. The molecule has 0 spiro atoms. The Hall–Kier alpha value is -2.36. The fourth-order valence-corrected chi connectivity index (χ4v) is 1.55. The summed E-state index contributed by atoms with van der Waals surface area (Å²) in [5.41, 5.74) is 0.208. The van der Waals surface area contributed by atoms with Gasteiger partial charge < -0.3 is 10.2 Å². The molecule has 2 aromatic rings. The molecule has 17 heavy (non-hydrogen) atoms. The van der Waals surface area contributed by atoms with Crippen molar-refractivity contribution in [3.05, 3.63) is 54.4 Å². The van der Waals surface area contributed by atoms with E-state index in [0.717, 1.165) is 6.07 Å². The van der Waals surface area contributed by atoms with Crippen LogP contribution in [0.4, 0.5) is 0 Å².